The summed E-state index contributed by atoms with van der Waals surface area (Å²) in [6.45, 7) is 0. The van der Waals surface area contributed by atoms with Gasteiger partial charge < -0.3 is 15.7 Å². The Kier molecular flexibility index (Phi) is 15.8. The Bertz CT molecular complexity index is 84.6. The van der Waals surface area contributed by atoms with Gasteiger partial charge in [0.1, 0.15) is 0 Å². The molecule has 2 N–H and O–H groups in total. The standard InChI is InChI=1S/BH2O4P.K.Zn.H/c1-5-6(2,3)4;;;/h(H2,2,3,4);;;/q;+1;;-1. The Morgan fingerprint density at radius 3 is 1.75 bits per heavy atom. The van der Waals surface area contributed by atoms with Crippen molar-refractivity contribution in [2.75, 3.05) is 0 Å². The summed E-state index contributed by atoms with van der Waals surface area (Å²) in [7, 11) is -0.326. The Morgan fingerprint density at radius 2 is 1.75 bits per heavy atom. The molecule has 8 heteroatoms. The Balaban J connectivity index is -0.0000000417. The topological polar surface area (TPSA) is 66.8 Å². The molecule has 0 fully saturated rings. The van der Waals surface area contributed by atoms with Crippen molar-refractivity contribution in [1.29, 1.82) is 0 Å². The third kappa shape index (κ3) is 15.8. The van der Waals surface area contributed by atoms with Gasteiger partial charge in [0, 0.05) is 19.5 Å². The maximum Gasteiger partial charge on any atom is 1.00 e. The fourth-order valence-electron chi connectivity index (χ4n) is 0. The molecule has 38 valence electrons. The molecule has 0 amide bonds. The van der Waals surface area contributed by atoms with Crippen LogP contribution in [0.3, 0.4) is 0 Å². The number of hydrogen-bond donors (Lipinski definition) is 2. The summed E-state index contributed by atoms with van der Waals surface area (Å²) >= 11 is 0. The van der Waals surface area contributed by atoms with Gasteiger partial charge in [-0.3, -0.25) is 0 Å². The molecular weight excluding hydrogens is 210 g/mol. The first-order valence-corrected chi connectivity index (χ1v) is 2.53. The molecule has 0 aliphatic heterocycles. The van der Waals surface area contributed by atoms with Gasteiger partial charge in [-0.05, 0) is 0 Å². The average Bonchev–Trinajstić information content (AvgIpc) is 1.35. The zero-order valence-corrected chi connectivity index (χ0v) is 11.4. The van der Waals surface area contributed by atoms with E-state index >= 15 is 0 Å². The molecule has 0 saturated heterocycles. The van der Waals surface area contributed by atoms with Crippen molar-refractivity contribution in [1.82, 2.24) is 0 Å². The Hall–Kier alpha value is 2.43. The van der Waals surface area contributed by atoms with Crippen molar-refractivity contribution < 1.29 is 91.1 Å². The number of hydrogen-bond acceptors (Lipinski definition) is 2. The average molecular weight is 213 g/mol. The molecule has 0 aromatic carbocycles. The van der Waals surface area contributed by atoms with Crippen LogP contribution in [-0.4, -0.2) is 17.8 Å². The molecule has 0 heterocycles. The number of phosphoric acid groups is 1. The van der Waals surface area contributed by atoms with E-state index < -0.39 is 7.82 Å². The van der Waals surface area contributed by atoms with E-state index in [1.807, 2.05) is 0 Å². The molecule has 2 radical (unpaired) electrons. The third-order valence-corrected chi connectivity index (χ3v) is 0.412. The van der Waals surface area contributed by atoms with Crippen LogP contribution >= 0.6 is 7.82 Å². The molecular formula is H3BKO4PZn. The zero-order valence-electron chi connectivity index (χ0n) is 5.44. The maximum absolute atomic E-state index is 9.35. The predicted octanol–water partition coefficient (Wildman–Crippen LogP) is -3.71. The molecule has 0 aromatic rings. The van der Waals surface area contributed by atoms with Crippen LogP contribution in [0.5, 0.6) is 0 Å². The van der Waals surface area contributed by atoms with Crippen molar-refractivity contribution >= 4 is 15.9 Å². The summed E-state index contributed by atoms with van der Waals surface area (Å²) in [6, 6.07) is 0. The Labute approximate surface area is 105 Å². The third-order valence-electron chi connectivity index (χ3n) is 0.137. The van der Waals surface area contributed by atoms with Crippen LogP contribution in [0.2, 0.25) is 0 Å². The monoisotopic (exact) mass is 212 g/mol. The SMILES string of the molecule is [B]OP(=O)(O)O.[H-].[K+].[Zn]. The molecule has 0 rings (SSSR count). The van der Waals surface area contributed by atoms with Crippen molar-refractivity contribution in [2.45, 2.75) is 0 Å². The van der Waals surface area contributed by atoms with E-state index in [2.05, 4.69) is 12.5 Å². The minimum Gasteiger partial charge on any atom is -1.00 e. The van der Waals surface area contributed by atoms with Crippen LogP contribution in [0, 0.1) is 0 Å². The Morgan fingerprint density at radius 1 is 1.62 bits per heavy atom. The van der Waals surface area contributed by atoms with Crippen LogP contribution in [0.4, 0.5) is 0 Å². The second kappa shape index (κ2) is 7.54. The predicted molar refractivity (Wildman–Crippen MR) is 20.0 cm³/mol. The molecule has 0 atom stereocenters. The van der Waals surface area contributed by atoms with Gasteiger partial charge in [-0.2, -0.15) is 0 Å². The van der Waals surface area contributed by atoms with Crippen molar-refractivity contribution in [3.63, 3.8) is 0 Å². The largest absolute Gasteiger partial charge is 1.00 e. The van der Waals surface area contributed by atoms with E-state index in [0.29, 0.717) is 0 Å². The first-order valence-electron chi connectivity index (χ1n) is 1.00. The van der Waals surface area contributed by atoms with Crippen LogP contribution in [0.25, 0.3) is 0 Å². The van der Waals surface area contributed by atoms with E-state index in [1.54, 1.807) is 0 Å². The van der Waals surface area contributed by atoms with Crippen LogP contribution in [0.15, 0.2) is 0 Å². The van der Waals surface area contributed by atoms with E-state index in [-0.39, 0.29) is 72.3 Å². The van der Waals surface area contributed by atoms with Crippen molar-refractivity contribution in [3.05, 3.63) is 0 Å². The normalized spacial score (nSPS) is 8.75. The van der Waals surface area contributed by atoms with Gasteiger partial charge in [-0.25, -0.2) is 4.57 Å². The van der Waals surface area contributed by atoms with E-state index in [1.165, 1.54) is 0 Å². The van der Waals surface area contributed by atoms with Gasteiger partial charge in [0.2, 0.25) is 0 Å². The molecule has 0 bridgehead atoms. The summed E-state index contributed by atoms with van der Waals surface area (Å²) in [5, 5.41) is 0. The second-order valence-corrected chi connectivity index (χ2v) is 1.79. The summed E-state index contributed by atoms with van der Waals surface area (Å²) in [4.78, 5) is 15.2. The zero-order chi connectivity index (χ0) is 5.21. The minimum atomic E-state index is -4.37. The molecule has 0 aromatic heterocycles. The fraction of sp³-hybridized carbons (Fsp3) is 0. The van der Waals surface area contributed by atoms with E-state index in [9.17, 15) is 4.57 Å². The maximum atomic E-state index is 9.35. The molecule has 0 unspecified atom stereocenters. The summed E-state index contributed by atoms with van der Waals surface area (Å²) in [5.74, 6) is 0. The first-order chi connectivity index (χ1) is 2.56. The summed E-state index contributed by atoms with van der Waals surface area (Å²) in [6.07, 6.45) is 0. The molecule has 0 saturated carbocycles. The van der Waals surface area contributed by atoms with Crippen LogP contribution < -0.4 is 51.4 Å². The molecule has 0 aliphatic carbocycles. The summed E-state index contributed by atoms with van der Waals surface area (Å²) in [5.41, 5.74) is 0. The van der Waals surface area contributed by atoms with Gasteiger partial charge >= 0.3 is 59.2 Å². The van der Waals surface area contributed by atoms with E-state index in [4.69, 9.17) is 9.79 Å². The summed E-state index contributed by atoms with van der Waals surface area (Å²) < 4.78 is 12.5. The van der Waals surface area contributed by atoms with E-state index in [0.717, 1.165) is 0 Å². The second-order valence-electron chi connectivity index (χ2n) is 0.596. The molecule has 0 spiro atoms. The first kappa shape index (κ1) is 16.8. The molecule has 4 nitrogen and oxygen atoms in total. The smallest absolute Gasteiger partial charge is 1.00 e. The van der Waals surface area contributed by atoms with Gasteiger partial charge in [0.15, 0.2) is 0 Å². The van der Waals surface area contributed by atoms with Crippen LogP contribution in [0.1, 0.15) is 1.43 Å². The van der Waals surface area contributed by atoms with Gasteiger partial charge in [0.05, 0.1) is 0 Å². The number of rotatable bonds is 1. The molecule has 8 heavy (non-hydrogen) atoms. The van der Waals surface area contributed by atoms with Gasteiger partial charge in [0.25, 0.3) is 8.05 Å². The molecule has 0 aliphatic rings. The van der Waals surface area contributed by atoms with Gasteiger partial charge in [-0.1, -0.05) is 0 Å². The minimum absolute atomic E-state index is 0. The quantitative estimate of drug-likeness (QED) is 0.347. The van der Waals surface area contributed by atoms with Gasteiger partial charge in [-0.15, -0.1) is 0 Å². The fourth-order valence-corrected chi connectivity index (χ4v) is 0. The van der Waals surface area contributed by atoms with Crippen molar-refractivity contribution in [3.8, 4) is 0 Å². The van der Waals surface area contributed by atoms with Crippen molar-refractivity contribution in [2.24, 2.45) is 0 Å². The van der Waals surface area contributed by atoms with Crippen LogP contribution in [-0.2, 0) is 28.5 Å².